The van der Waals surface area contributed by atoms with Crippen molar-refractivity contribution in [3.63, 3.8) is 0 Å². The fraction of sp³-hybridized carbons (Fsp3) is 0.722. The van der Waals surface area contributed by atoms with Gasteiger partial charge in [-0.05, 0) is 55.8 Å². The van der Waals surface area contributed by atoms with E-state index in [0.29, 0.717) is 5.41 Å². The Morgan fingerprint density at radius 1 is 1.24 bits per heavy atom. The molecule has 0 aliphatic carbocycles. The number of rotatable bonds is 5. The van der Waals surface area contributed by atoms with Crippen molar-refractivity contribution in [3.05, 3.63) is 30.1 Å². The predicted molar refractivity (Wildman–Crippen MR) is 89.2 cm³/mol. The fourth-order valence-corrected chi connectivity index (χ4v) is 3.20. The van der Waals surface area contributed by atoms with Crippen LogP contribution in [0.25, 0.3) is 0 Å². The van der Waals surface area contributed by atoms with Crippen LogP contribution in [0.3, 0.4) is 0 Å². The number of pyridine rings is 1. The quantitative estimate of drug-likeness (QED) is 0.843. The Hall–Kier alpha value is -0.930. The second-order valence-corrected chi connectivity index (χ2v) is 7.33. The zero-order valence-electron chi connectivity index (χ0n) is 13.9. The Labute approximate surface area is 130 Å². The summed E-state index contributed by atoms with van der Waals surface area (Å²) in [4.78, 5) is 6.96. The Kier molecular flexibility index (Phi) is 6.19. The second kappa shape index (κ2) is 7.90. The molecule has 0 spiro atoms. The van der Waals surface area contributed by atoms with E-state index in [0.717, 1.165) is 31.2 Å². The van der Waals surface area contributed by atoms with E-state index in [2.05, 4.69) is 42.0 Å². The van der Waals surface area contributed by atoms with E-state index in [9.17, 15) is 0 Å². The average molecular weight is 289 g/mol. The number of hydrogen-bond acceptors (Lipinski definition) is 3. The van der Waals surface area contributed by atoms with Crippen LogP contribution < -0.4 is 5.32 Å². The molecule has 3 heteroatoms. The van der Waals surface area contributed by atoms with Crippen molar-refractivity contribution in [1.29, 1.82) is 0 Å². The van der Waals surface area contributed by atoms with Crippen molar-refractivity contribution in [1.82, 2.24) is 15.2 Å². The minimum Gasteiger partial charge on any atom is -0.310 e. The molecule has 2 heterocycles. The van der Waals surface area contributed by atoms with Crippen molar-refractivity contribution < 1.29 is 0 Å². The van der Waals surface area contributed by atoms with Gasteiger partial charge in [0.25, 0.3) is 0 Å². The minimum atomic E-state index is 0.466. The molecule has 1 unspecified atom stereocenters. The molecule has 1 N–H and O–H groups in total. The first-order valence-electron chi connectivity index (χ1n) is 8.38. The van der Waals surface area contributed by atoms with Crippen LogP contribution in [0.15, 0.2) is 24.4 Å². The first-order chi connectivity index (χ1) is 10.1. The van der Waals surface area contributed by atoms with Gasteiger partial charge in [0.05, 0.1) is 5.69 Å². The van der Waals surface area contributed by atoms with Gasteiger partial charge < -0.3 is 10.2 Å². The molecule has 0 bridgehead atoms. The monoisotopic (exact) mass is 289 g/mol. The molecule has 1 aliphatic heterocycles. The third-order valence-corrected chi connectivity index (χ3v) is 4.68. The number of aromatic nitrogens is 1. The molecule has 1 aliphatic rings. The lowest BCUT2D eigenvalue weighted by atomic mass is 9.77. The van der Waals surface area contributed by atoms with Crippen LogP contribution in [0.4, 0.5) is 0 Å². The fourth-order valence-electron chi connectivity index (χ4n) is 3.20. The second-order valence-electron chi connectivity index (χ2n) is 7.33. The molecule has 0 amide bonds. The Balaban J connectivity index is 1.65. The number of hydrogen-bond donors (Lipinski definition) is 1. The van der Waals surface area contributed by atoms with E-state index in [1.807, 2.05) is 18.3 Å². The number of nitrogens with one attached hydrogen (secondary N) is 1. The molecule has 1 aromatic heterocycles. The van der Waals surface area contributed by atoms with Gasteiger partial charge in [0.2, 0.25) is 0 Å². The van der Waals surface area contributed by atoms with Crippen LogP contribution in [0.1, 0.15) is 45.7 Å². The molecule has 1 atom stereocenters. The summed E-state index contributed by atoms with van der Waals surface area (Å²) in [5.41, 5.74) is 1.59. The van der Waals surface area contributed by atoms with Crippen LogP contribution in [0, 0.1) is 11.3 Å². The molecule has 1 fully saturated rings. The smallest absolute Gasteiger partial charge is 0.0541 e. The van der Waals surface area contributed by atoms with Gasteiger partial charge in [-0.3, -0.25) is 4.98 Å². The third-order valence-electron chi connectivity index (χ3n) is 4.68. The normalized spacial score (nSPS) is 21.2. The van der Waals surface area contributed by atoms with E-state index >= 15 is 0 Å². The lowest BCUT2D eigenvalue weighted by Gasteiger charge is -2.29. The lowest BCUT2D eigenvalue weighted by molar-refractivity contribution is 0.208. The van der Waals surface area contributed by atoms with Crippen LogP contribution >= 0.6 is 0 Å². The van der Waals surface area contributed by atoms with Gasteiger partial charge in [-0.25, -0.2) is 0 Å². The minimum absolute atomic E-state index is 0.466. The van der Waals surface area contributed by atoms with Gasteiger partial charge >= 0.3 is 0 Å². The molecule has 0 aromatic carbocycles. The summed E-state index contributed by atoms with van der Waals surface area (Å²) in [5.74, 6) is 0.879. The van der Waals surface area contributed by atoms with Crippen LogP contribution in [0.2, 0.25) is 0 Å². The van der Waals surface area contributed by atoms with E-state index in [1.165, 1.54) is 32.4 Å². The summed E-state index contributed by atoms with van der Waals surface area (Å²) in [6, 6.07) is 6.09. The van der Waals surface area contributed by atoms with Gasteiger partial charge in [-0.1, -0.05) is 26.8 Å². The van der Waals surface area contributed by atoms with Gasteiger partial charge in [-0.2, -0.15) is 0 Å². The molecular weight excluding hydrogens is 258 g/mol. The number of likely N-dealkylation sites (tertiary alicyclic amines) is 1. The summed E-state index contributed by atoms with van der Waals surface area (Å²) in [7, 11) is 0. The van der Waals surface area contributed by atoms with Crippen LogP contribution in [-0.2, 0) is 6.54 Å². The van der Waals surface area contributed by atoms with Gasteiger partial charge in [0, 0.05) is 25.8 Å². The Morgan fingerprint density at radius 3 is 2.81 bits per heavy atom. The van der Waals surface area contributed by atoms with E-state index in [1.54, 1.807) is 0 Å². The van der Waals surface area contributed by atoms with Crippen molar-refractivity contribution in [3.8, 4) is 0 Å². The van der Waals surface area contributed by atoms with E-state index in [-0.39, 0.29) is 0 Å². The summed E-state index contributed by atoms with van der Waals surface area (Å²) in [6.07, 6.45) is 5.95. The van der Waals surface area contributed by atoms with Crippen molar-refractivity contribution in [2.75, 3.05) is 26.2 Å². The van der Waals surface area contributed by atoms with E-state index < -0.39 is 0 Å². The highest BCUT2D eigenvalue weighted by Gasteiger charge is 2.26. The summed E-state index contributed by atoms with van der Waals surface area (Å²) >= 11 is 0. The maximum Gasteiger partial charge on any atom is 0.0541 e. The summed E-state index contributed by atoms with van der Waals surface area (Å²) in [6.45, 7) is 12.8. The molecule has 0 radical (unpaired) electrons. The maximum atomic E-state index is 4.34. The summed E-state index contributed by atoms with van der Waals surface area (Å²) < 4.78 is 0. The van der Waals surface area contributed by atoms with Crippen LogP contribution in [-0.4, -0.2) is 36.1 Å². The number of nitrogens with zero attached hydrogens (tertiary/aromatic N) is 2. The SMILES string of the molecule is CC(C)(C)C1CCCN(CCNCc2ccccn2)CC1. The Bertz CT molecular complexity index is 397. The van der Waals surface area contributed by atoms with Crippen molar-refractivity contribution in [2.45, 2.75) is 46.6 Å². The van der Waals surface area contributed by atoms with Crippen LogP contribution in [0.5, 0.6) is 0 Å². The molecule has 21 heavy (non-hydrogen) atoms. The zero-order chi connectivity index (χ0) is 15.1. The molecular formula is C18H31N3. The standard InChI is InChI=1S/C18H31N3/c1-18(2,3)16-7-6-12-21(13-9-16)14-11-19-15-17-8-4-5-10-20-17/h4-5,8,10,16,19H,6-7,9,11-15H2,1-3H3. The highest BCUT2D eigenvalue weighted by atomic mass is 15.1. The molecule has 2 rings (SSSR count). The molecule has 118 valence electrons. The third kappa shape index (κ3) is 5.76. The molecule has 3 nitrogen and oxygen atoms in total. The highest BCUT2D eigenvalue weighted by molar-refractivity contribution is 5.02. The predicted octanol–water partition coefficient (Wildman–Crippen LogP) is 3.32. The van der Waals surface area contributed by atoms with Crippen molar-refractivity contribution >= 4 is 0 Å². The van der Waals surface area contributed by atoms with Gasteiger partial charge in [-0.15, -0.1) is 0 Å². The topological polar surface area (TPSA) is 28.2 Å². The maximum absolute atomic E-state index is 4.34. The Morgan fingerprint density at radius 2 is 2.10 bits per heavy atom. The zero-order valence-corrected chi connectivity index (χ0v) is 13.9. The lowest BCUT2D eigenvalue weighted by Crippen LogP contribution is -2.33. The first-order valence-corrected chi connectivity index (χ1v) is 8.38. The average Bonchev–Trinajstić information content (AvgIpc) is 2.70. The first kappa shape index (κ1) is 16.4. The largest absolute Gasteiger partial charge is 0.310 e. The summed E-state index contributed by atoms with van der Waals surface area (Å²) in [5, 5.41) is 3.51. The van der Waals surface area contributed by atoms with Gasteiger partial charge in [0.1, 0.15) is 0 Å². The highest BCUT2D eigenvalue weighted by Crippen LogP contribution is 2.34. The molecule has 1 saturated heterocycles. The van der Waals surface area contributed by atoms with E-state index in [4.69, 9.17) is 0 Å². The van der Waals surface area contributed by atoms with Crippen molar-refractivity contribution in [2.24, 2.45) is 11.3 Å². The molecule has 0 saturated carbocycles. The van der Waals surface area contributed by atoms with Gasteiger partial charge in [0.15, 0.2) is 0 Å². The molecule has 1 aromatic rings.